The summed E-state index contributed by atoms with van der Waals surface area (Å²) in [5, 5.41) is 3.76. The highest BCUT2D eigenvalue weighted by Gasteiger charge is 2.36. The van der Waals surface area contributed by atoms with Crippen LogP contribution < -0.4 is 9.62 Å². The number of hydrogen-bond donors (Lipinski definition) is 1. The van der Waals surface area contributed by atoms with Crippen LogP contribution in [0.25, 0.3) is 0 Å². The Hall–Kier alpha value is -3.27. The number of rotatable bonds is 13. The van der Waals surface area contributed by atoms with Crippen LogP contribution in [0.3, 0.4) is 0 Å². The molecule has 0 heterocycles. The standard InChI is InChI=1S/C34H33Cl4N3O4S/c1-3-18-39-34(43)32(19-24-8-5-4-6-9-24)40(21-27-28(36)10-7-11-29(27)37)33(42)22-41(31-20-25(35)14-17-30(31)38)46(44,45)26-15-12-23(2)13-16-26/h4-17,20,32H,3,18-19,21-22H2,1-2H3,(H,39,43)/t32-/m0/s1. The van der Waals surface area contributed by atoms with Crippen LogP contribution in [0.15, 0.2) is 95.9 Å². The van der Waals surface area contributed by atoms with Gasteiger partial charge in [0.05, 0.1) is 15.6 Å². The van der Waals surface area contributed by atoms with E-state index >= 15 is 0 Å². The smallest absolute Gasteiger partial charge is 0.264 e. The fourth-order valence-electron chi connectivity index (χ4n) is 4.80. The maximum absolute atomic E-state index is 14.6. The van der Waals surface area contributed by atoms with Crippen molar-refractivity contribution in [3.63, 3.8) is 0 Å². The van der Waals surface area contributed by atoms with E-state index in [1.54, 1.807) is 30.3 Å². The molecule has 0 fully saturated rings. The molecule has 0 unspecified atom stereocenters. The molecule has 0 aliphatic carbocycles. The number of benzene rings is 4. The minimum Gasteiger partial charge on any atom is -0.354 e. The number of aryl methyl sites for hydroxylation is 1. The number of hydrogen-bond acceptors (Lipinski definition) is 4. The lowest BCUT2D eigenvalue weighted by Gasteiger charge is -2.34. The second-order valence-electron chi connectivity index (χ2n) is 10.6. The Kier molecular flexibility index (Phi) is 12.4. The lowest BCUT2D eigenvalue weighted by atomic mass is 10.0. The summed E-state index contributed by atoms with van der Waals surface area (Å²) in [5.74, 6) is -1.09. The highest BCUT2D eigenvalue weighted by molar-refractivity contribution is 7.92. The predicted molar refractivity (Wildman–Crippen MR) is 186 cm³/mol. The zero-order chi connectivity index (χ0) is 33.4. The zero-order valence-corrected chi connectivity index (χ0v) is 29.1. The van der Waals surface area contributed by atoms with Crippen molar-refractivity contribution in [1.29, 1.82) is 0 Å². The minimum atomic E-state index is -4.36. The molecule has 0 saturated heterocycles. The first-order valence-electron chi connectivity index (χ1n) is 14.5. The number of sulfonamides is 1. The maximum atomic E-state index is 14.6. The molecule has 4 aromatic carbocycles. The Morgan fingerprint density at radius 2 is 1.48 bits per heavy atom. The van der Waals surface area contributed by atoms with Crippen LogP contribution in [0.5, 0.6) is 0 Å². The van der Waals surface area contributed by atoms with Crippen molar-refractivity contribution in [3.05, 3.63) is 128 Å². The number of carbonyl (C=O) groups excluding carboxylic acids is 2. The molecule has 1 N–H and O–H groups in total. The average Bonchev–Trinajstić information content (AvgIpc) is 3.03. The molecular weight excluding hydrogens is 688 g/mol. The van der Waals surface area contributed by atoms with Crippen molar-refractivity contribution in [2.75, 3.05) is 17.4 Å². The minimum absolute atomic E-state index is 0.00821. The normalized spacial score (nSPS) is 12.0. The van der Waals surface area contributed by atoms with Crippen molar-refractivity contribution >= 4 is 73.9 Å². The molecule has 2 amide bonds. The first-order chi connectivity index (χ1) is 21.9. The molecule has 0 saturated carbocycles. The summed E-state index contributed by atoms with van der Waals surface area (Å²) in [6.07, 6.45) is 0.816. The number of halogens is 4. The zero-order valence-electron chi connectivity index (χ0n) is 25.2. The van der Waals surface area contributed by atoms with Gasteiger partial charge < -0.3 is 10.2 Å². The fourth-order valence-corrected chi connectivity index (χ4v) is 7.18. The average molecular weight is 722 g/mol. The van der Waals surface area contributed by atoms with Gasteiger partial charge in [0, 0.05) is 40.1 Å². The highest BCUT2D eigenvalue weighted by Crippen LogP contribution is 2.34. The van der Waals surface area contributed by atoms with Gasteiger partial charge in [0.25, 0.3) is 10.0 Å². The molecule has 12 heteroatoms. The molecule has 7 nitrogen and oxygen atoms in total. The molecule has 0 aliphatic heterocycles. The summed E-state index contributed by atoms with van der Waals surface area (Å²) in [5.41, 5.74) is 2.07. The van der Waals surface area contributed by atoms with E-state index in [9.17, 15) is 18.0 Å². The number of nitrogens with one attached hydrogen (secondary N) is 1. The van der Waals surface area contributed by atoms with Gasteiger partial charge in [0.2, 0.25) is 11.8 Å². The summed E-state index contributed by atoms with van der Waals surface area (Å²) < 4.78 is 29.3. The first kappa shape index (κ1) is 35.6. The Labute approximate surface area is 290 Å². The van der Waals surface area contributed by atoms with Crippen LogP contribution >= 0.6 is 46.4 Å². The molecule has 0 spiro atoms. The second kappa shape index (κ2) is 16.0. The maximum Gasteiger partial charge on any atom is 0.264 e. The van der Waals surface area contributed by atoms with Crippen LogP contribution in [-0.4, -0.2) is 44.3 Å². The van der Waals surface area contributed by atoms with E-state index in [0.717, 1.165) is 15.4 Å². The van der Waals surface area contributed by atoms with Gasteiger partial charge in [-0.15, -0.1) is 0 Å². The summed E-state index contributed by atoms with van der Waals surface area (Å²) in [6.45, 7) is 3.26. The molecule has 1 atom stereocenters. The lowest BCUT2D eigenvalue weighted by Crippen LogP contribution is -2.53. The topological polar surface area (TPSA) is 86.8 Å². The van der Waals surface area contributed by atoms with Crippen molar-refractivity contribution in [2.24, 2.45) is 0 Å². The van der Waals surface area contributed by atoms with Crippen molar-refractivity contribution < 1.29 is 18.0 Å². The van der Waals surface area contributed by atoms with E-state index in [2.05, 4.69) is 5.32 Å². The van der Waals surface area contributed by atoms with Crippen LogP contribution in [-0.2, 0) is 32.6 Å². The number of anilines is 1. The van der Waals surface area contributed by atoms with E-state index in [4.69, 9.17) is 46.4 Å². The van der Waals surface area contributed by atoms with Crippen LogP contribution in [0.1, 0.15) is 30.0 Å². The van der Waals surface area contributed by atoms with Gasteiger partial charge in [-0.05, 0) is 61.4 Å². The van der Waals surface area contributed by atoms with Gasteiger partial charge in [-0.3, -0.25) is 13.9 Å². The Morgan fingerprint density at radius 3 is 2.11 bits per heavy atom. The van der Waals surface area contributed by atoms with Gasteiger partial charge in [0.15, 0.2) is 0 Å². The fraction of sp³-hybridized carbons (Fsp3) is 0.235. The molecule has 0 radical (unpaired) electrons. The molecule has 0 bridgehead atoms. The predicted octanol–water partition coefficient (Wildman–Crippen LogP) is 7.97. The quantitative estimate of drug-likeness (QED) is 0.152. The molecule has 4 rings (SSSR count). The van der Waals surface area contributed by atoms with E-state index in [0.29, 0.717) is 28.6 Å². The van der Waals surface area contributed by atoms with E-state index in [1.165, 1.54) is 35.2 Å². The highest BCUT2D eigenvalue weighted by atomic mass is 35.5. The lowest BCUT2D eigenvalue weighted by molar-refractivity contribution is -0.140. The Balaban J connectivity index is 1.86. The van der Waals surface area contributed by atoms with E-state index in [-0.39, 0.29) is 33.6 Å². The van der Waals surface area contributed by atoms with Crippen LogP contribution in [0.2, 0.25) is 20.1 Å². The summed E-state index contributed by atoms with van der Waals surface area (Å²) in [7, 11) is -4.36. The van der Waals surface area contributed by atoms with Crippen LogP contribution in [0.4, 0.5) is 5.69 Å². The molecule has 0 aliphatic rings. The molecule has 46 heavy (non-hydrogen) atoms. The van der Waals surface area contributed by atoms with Gasteiger partial charge >= 0.3 is 0 Å². The summed E-state index contributed by atoms with van der Waals surface area (Å²) in [6, 6.07) is 23.7. The number of carbonyl (C=O) groups is 2. The molecule has 4 aromatic rings. The number of nitrogens with zero attached hydrogens (tertiary/aromatic N) is 2. The van der Waals surface area contributed by atoms with Crippen molar-refractivity contribution in [2.45, 2.75) is 44.2 Å². The SMILES string of the molecule is CCCNC(=O)[C@H](Cc1ccccc1)N(Cc1c(Cl)cccc1Cl)C(=O)CN(c1cc(Cl)ccc1Cl)S(=O)(=O)c1ccc(C)cc1. The first-order valence-corrected chi connectivity index (χ1v) is 17.5. The van der Waals surface area contributed by atoms with Gasteiger partial charge in [0.1, 0.15) is 12.6 Å². The summed E-state index contributed by atoms with van der Waals surface area (Å²) >= 11 is 25.9. The third-order valence-electron chi connectivity index (χ3n) is 7.28. The van der Waals surface area contributed by atoms with Gasteiger partial charge in [-0.25, -0.2) is 8.42 Å². The van der Waals surface area contributed by atoms with Gasteiger partial charge in [-0.2, -0.15) is 0 Å². The Morgan fingerprint density at radius 1 is 0.826 bits per heavy atom. The Bertz CT molecular complexity index is 1770. The van der Waals surface area contributed by atoms with Crippen LogP contribution in [0, 0.1) is 6.92 Å². The monoisotopic (exact) mass is 719 g/mol. The van der Waals surface area contributed by atoms with Gasteiger partial charge in [-0.1, -0.05) is 107 Å². The van der Waals surface area contributed by atoms with Crippen molar-refractivity contribution in [1.82, 2.24) is 10.2 Å². The molecule has 0 aromatic heterocycles. The van der Waals surface area contributed by atoms with Crippen molar-refractivity contribution in [3.8, 4) is 0 Å². The largest absolute Gasteiger partial charge is 0.354 e. The molecular formula is C34H33Cl4N3O4S. The van der Waals surface area contributed by atoms with E-state index in [1.807, 2.05) is 44.2 Å². The third kappa shape index (κ3) is 8.75. The summed E-state index contributed by atoms with van der Waals surface area (Å²) in [4.78, 5) is 29.6. The third-order valence-corrected chi connectivity index (χ3v) is 10.3. The second-order valence-corrected chi connectivity index (χ2v) is 14.2. The van der Waals surface area contributed by atoms with E-state index < -0.39 is 34.4 Å². The number of amides is 2. The molecule has 242 valence electrons.